The predicted molar refractivity (Wildman–Crippen MR) is 37.1 cm³/mol. The second-order valence-electron chi connectivity index (χ2n) is 1.82. The van der Waals surface area contributed by atoms with Crippen LogP contribution < -0.4 is 10.5 Å². The molecule has 1 aromatic heterocycles. The van der Waals surface area contributed by atoms with E-state index in [1.807, 2.05) is 0 Å². The molecule has 1 heterocycles. The molecule has 0 radical (unpaired) electrons. The molecular formula is C6H7N3O2. The molecule has 0 aromatic carbocycles. The monoisotopic (exact) mass is 153 g/mol. The van der Waals surface area contributed by atoms with Crippen molar-refractivity contribution in [3.05, 3.63) is 18.0 Å². The van der Waals surface area contributed by atoms with Crippen LogP contribution in [0.2, 0.25) is 0 Å². The van der Waals surface area contributed by atoms with Crippen LogP contribution in [0.3, 0.4) is 0 Å². The Bertz CT molecular complexity index is 257. The van der Waals surface area contributed by atoms with Crippen LogP contribution >= 0.6 is 0 Å². The number of primary amides is 1. The van der Waals surface area contributed by atoms with Crippen LogP contribution in [0.1, 0.15) is 10.4 Å². The number of carbonyl (C=O) groups is 1. The van der Waals surface area contributed by atoms with Gasteiger partial charge in [0.25, 0.3) is 5.91 Å². The second-order valence-corrected chi connectivity index (χ2v) is 1.82. The number of rotatable bonds is 2. The lowest BCUT2D eigenvalue weighted by Gasteiger charge is -1.96. The third kappa shape index (κ3) is 1.64. The highest BCUT2D eigenvalue weighted by atomic mass is 16.5. The molecule has 1 aromatic rings. The van der Waals surface area contributed by atoms with E-state index in [0.29, 0.717) is 0 Å². The maximum absolute atomic E-state index is 10.5. The standard InChI is InChI=1S/C6H7N3O2/c1-11-6-8-2-4(3-9-6)5(7)10/h2-3H,1H3,(H2,7,10). The van der Waals surface area contributed by atoms with E-state index in [1.165, 1.54) is 19.5 Å². The third-order valence-electron chi connectivity index (χ3n) is 1.10. The van der Waals surface area contributed by atoms with Crippen LogP contribution in [0.25, 0.3) is 0 Å². The van der Waals surface area contributed by atoms with Crippen molar-refractivity contribution < 1.29 is 9.53 Å². The normalized spacial score (nSPS) is 9.18. The Hall–Kier alpha value is -1.65. The molecule has 0 spiro atoms. The highest BCUT2D eigenvalue weighted by Crippen LogP contribution is 1.99. The molecule has 0 atom stereocenters. The van der Waals surface area contributed by atoms with Crippen molar-refractivity contribution in [1.29, 1.82) is 0 Å². The van der Waals surface area contributed by atoms with Crippen molar-refractivity contribution in [3.8, 4) is 6.01 Å². The molecule has 2 N–H and O–H groups in total. The van der Waals surface area contributed by atoms with Crippen molar-refractivity contribution in [2.75, 3.05) is 7.11 Å². The molecule has 0 saturated carbocycles. The molecular weight excluding hydrogens is 146 g/mol. The topological polar surface area (TPSA) is 78.1 Å². The van der Waals surface area contributed by atoms with Gasteiger partial charge in [-0.05, 0) is 0 Å². The summed E-state index contributed by atoms with van der Waals surface area (Å²) in [7, 11) is 1.44. The zero-order valence-corrected chi connectivity index (χ0v) is 5.94. The highest BCUT2D eigenvalue weighted by Gasteiger charge is 2.00. The third-order valence-corrected chi connectivity index (χ3v) is 1.10. The van der Waals surface area contributed by atoms with Crippen LogP contribution in [0.4, 0.5) is 0 Å². The first kappa shape index (κ1) is 7.46. The van der Waals surface area contributed by atoms with Gasteiger partial charge in [0.2, 0.25) is 0 Å². The first-order valence-electron chi connectivity index (χ1n) is 2.90. The summed E-state index contributed by atoms with van der Waals surface area (Å²) >= 11 is 0. The van der Waals surface area contributed by atoms with E-state index < -0.39 is 5.91 Å². The lowest BCUT2D eigenvalue weighted by atomic mass is 10.3. The summed E-state index contributed by atoms with van der Waals surface area (Å²) in [5.41, 5.74) is 5.21. The summed E-state index contributed by atoms with van der Waals surface area (Å²) < 4.78 is 4.67. The second kappa shape index (κ2) is 2.96. The fourth-order valence-corrected chi connectivity index (χ4v) is 0.549. The van der Waals surface area contributed by atoms with E-state index in [9.17, 15) is 4.79 Å². The van der Waals surface area contributed by atoms with E-state index in [2.05, 4.69) is 14.7 Å². The maximum atomic E-state index is 10.5. The smallest absolute Gasteiger partial charge is 0.316 e. The number of hydrogen-bond donors (Lipinski definition) is 1. The fourth-order valence-electron chi connectivity index (χ4n) is 0.549. The molecule has 58 valence electrons. The largest absolute Gasteiger partial charge is 0.467 e. The molecule has 0 saturated heterocycles. The quantitative estimate of drug-likeness (QED) is 0.626. The number of nitrogens with two attached hydrogens (primary N) is 1. The average Bonchev–Trinajstić information content (AvgIpc) is 2.05. The Morgan fingerprint density at radius 3 is 2.45 bits per heavy atom. The van der Waals surface area contributed by atoms with Crippen molar-refractivity contribution in [3.63, 3.8) is 0 Å². The first-order valence-corrected chi connectivity index (χ1v) is 2.90. The molecule has 1 amide bonds. The van der Waals surface area contributed by atoms with Gasteiger partial charge in [-0.3, -0.25) is 4.79 Å². The van der Waals surface area contributed by atoms with Crippen molar-refractivity contribution >= 4 is 5.91 Å². The Balaban J connectivity index is 2.91. The van der Waals surface area contributed by atoms with Gasteiger partial charge in [0.1, 0.15) is 0 Å². The van der Waals surface area contributed by atoms with Crippen LogP contribution in [0, 0.1) is 0 Å². The molecule has 0 bridgehead atoms. The molecule has 0 fully saturated rings. The molecule has 5 nitrogen and oxygen atoms in total. The molecule has 0 unspecified atom stereocenters. The summed E-state index contributed by atoms with van der Waals surface area (Å²) in [5.74, 6) is -0.548. The van der Waals surface area contributed by atoms with E-state index in [-0.39, 0.29) is 11.6 Å². The van der Waals surface area contributed by atoms with E-state index in [1.54, 1.807) is 0 Å². The van der Waals surface area contributed by atoms with Gasteiger partial charge >= 0.3 is 6.01 Å². The number of aromatic nitrogens is 2. The Morgan fingerprint density at radius 2 is 2.09 bits per heavy atom. The fraction of sp³-hybridized carbons (Fsp3) is 0.167. The van der Waals surface area contributed by atoms with Crippen LogP contribution in [-0.2, 0) is 0 Å². The van der Waals surface area contributed by atoms with Crippen molar-refractivity contribution in [2.24, 2.45) is 5.73 Å². The number of carbonyl (C=O) groups excluding carboxylic acids is 1. The lowest BCUT2D eigenvalue weighted by molar-refractivity contribution is 0.0999. The SMILES string of the molecule is COc1ncc(C(N)=O)cn1. The maximum Gasteiger partial charge on any atom is 0.316 e. The van der Waals surface area contributed by atoms with E-state index in [0.717, 1.165) is 0 Å². The predicted octanol–water partition coefficient (Wildman–Crippen LogP) is -0.416. The average molecular weight is 153 g/mol. The zero-order chi connectivity index (χ0) is 8.27. The zero-order valence-electron chi connectivity index (χ0n) is 5.94. The number of nitrogens with zero attached hydrogens (tertiary/aromatic N) is 2. The number of hydrogen-bond acceptors (Lipinski definition) is 4. The Morgan fingerprint density at radius 1 is 1.55 bits per heavy atom. The minimum Gasteiger partial charge on any atom is -0.467 e. The van der Waals surface area contributed by atoms with Gasteiger partial charge < -0.3 is 10.5 Å². The molecule has 11 heavy (non-hydrogen) atoms. The van der Waals surface area contributed by atoms with Gasteiger partial charge in [0, 0.05) is 12.4 Å². The molecule has 1 rings (SSSR count). The summed E-state index contributed by atoms with van der Waals surface area (Å²) in [6.45, 7) is 0. The van der Waals surface area contributed by atoms with Gasteiger partial charge in [-0.15, -0.1) is 0 Å². The van der Waals surface area contributed by atoms with Crippen LogP contribution in [0.15, 0.2) is 12.4 Å². The lowest BCUT2D eigenvalue weighted by Crippen LogP contribution is -2.11. The van der Waals surface area contributed by atoms with Gasteiger partial charge in [-0.2, -0.15) is 0 Å². The summed E-state index contributed by atoms with van der Waals surface area (Å²) in [5, 5.41) is 0. The first-order chi connectivity index (χ1) is 5.24. The van der Waals surface area contributed by atoms with Crippen molar-refractivity contribution in [2.45, 2.75) is 0 Å². The summed E-state index contributed by atoms with van der Waals surface area (Å²) in [6, 6.07) is 0.218. The van der Waals surface area contributed by atoms with Gasteiger partial charge in [-0.25, -0.2) is 9.97 Å². The van der Waals surface area contributed by atoms with Crippen LogP contribution in [0.5, 0.6) is 6.01 Å². The van der Waals surface area contributed by atoms with Gasteiger partial charge in [0.05, 0.1) is 12.7 Å². The van der Waals surface area contributed by atoms with E-state index in [4.69, 9.17) is 5.73 Å². The van der Waals surface area contributed by atoms with Crippen molar-refractivity contribution in [1.82, 2.24) is 9.97 Å². The molecule has 0 aliphatic carbocycles. The summed E-state index contributed by atoms with van der Waals surface area (Å²) in [6.07, 6.45) is 2.63. The van der Waals surface area contributed by atoms with E-state index >= 15 is 0 Å². The van der Waals surface area contributed by atoms with Gasteiger partial charge in [-0.1, -0.05) is 0 Å². The Labute approximate surface area is 63.2 Å². The highest BCUT2D eigenvalue weighted by molar-refractivity contribution is 5.92. The molecule has 0 aliphatic heterocycles. The van der Waals surface area contributed by atoms with Crippen LogP contribution in [-0.4, -0.2) is 23.0 Å². The number of methoxy groups -OCH3 is 1. The summed E-state index contributed by atoms with van der Waals surface area (Å²) in [4.78, 5) is 17.9. The Kier molecular flexibility index (Phi) is 2.00. The molecule has 0 aliphatic rings. The molecule has 5 heteroatoms. The minimum atomic E-state index is -0.548. The number of amides is 1. The van der Waals surface area contributed by atoms with Gasteiger partial charge in [0.15, 0.2) is 0 Å². The number of ether oxygens (including phenoxy) is 1. The minimum absolute atomic E-state index is 0.218.